The molecule has 3 atom stereocenters. The molecule has 1 unspecified atom stereocenters. The van der Waals surface area contributed by atoms with E-state index in [9.17, 15) is 4.79 Å². The maximum absolute atomic E-state index is 12.6. The van der Waals surface area contributed by atoms with E-state index in [0.29, 0.717) is 29.4 Å². The van der Waals surface area contributed by atoms with Gasteiger partial charge in [0.2, 0.25) is 5.72 Å². The average molecular weight is 331 g/mol. The van der Waals surface area contributed by atoms with Crippen molar-refractivity contribution < 1.29 is 9.63 Å². The van der Waals surface area contributed by atoms with Crippen molar-refractivity contribution in [1.82, 2.24) is 20.0 Å². The van der Waals surface area contributed by atoms with Gasteiger partial charge in [-0.15, -0.1) is 0 Å². The molecule has 0 spiro atoms. The van der Waals surface area contributed by atoms with Gasteiger partial charge in [0.15, 0.2) is 5.84 Å². The van der Waals surface area contributed by atoms with Crippen molar-refractivity contribution in [3.8, 4) is 0 Å². The molecule has 3 aliphatic rings. The van der Waals surface area contributed by atoms with Crippen LogP contribution in [-0.4, -0.2) is 57.6 Å². The topological polar surface area (TPSA) is 73.8 Å². The number of amides is 1. The maximum Gasteiger partial charge on any atom is 0.274 e. The monoisotopic (exact) mass is 331 g/mol. The van der Waals surface area contributed by atoms with Crippen molar-refractivity contribution in [2.45, 2.75) is 39.3 Å². The van der Waals surface area contributed by atoms with E-state index in [1.807, 2.05) is 31.9 Å². The summed E-state index contributed by atoms with van der Waals surface area (Å²) < 4.78 is 0. The van der Waals surface area contributed by atoms with Crippen LogP contribution in [0.2, 0.25) is 0 Å². The van der Waals surface area contributed by atoms with Gasteiger partial charge in [-0.1, -0.05) is 19.0 Å². The number of H-pyrrole nitrogens is 1. The van der Waals surface area contributed by atoms with E-state index in [0.717, 1.165) is 24.6 Å². The number of aromatic nitrogens is 2. The average Bonchev–Trinajstić information content (AvgIpc) is 2.97. The number of carbonyl (C=O) groups is 1. The molecule has 0 bridgehead atoms. The fraction of sp³-hybridized carbons (Fsp3) is 0.706. The number of hydrogen-bond acceptors (Lipinski definition) is 5. The molecule has 1 amide bonds. The number of carbonyl (C=O) groups excluding carboxylic acids is 1. The Morgan fingerprint density at radius 2 is 2.04 bits per heavy atom. The predicted molar refractivity (Wildman–Crippen MR) is 89.4 cm³/mol. The highest BCUT2D eigenvalue weighted by atomic mass is 16.7. The van der Waals surface area contributed by atoms with Gasteiger partial charge in [0, 0.05) is 31.7 Å². The summed E-state index contributed by atoms with van der Waals surface area (Å²) in [4.78, 5) is 22.2. The van der Waals surface area contributed by atoms with Gasteiger partial charge in [-0.05, 0) is 37.7 Å². The second kappa shape index (κ2) is 4.97. The third-order valence-electron chi connectivity index (χ3n) is 5.73. The summed E-state index contributed by atoms with van der Waals surface area (Å²) in [5.41, 5.74) is 1.16. The van der Waals surface area contributed by atoms with Crippen LogP contribution in [0.1, 0.15) is 49.8 Å². The smallest absolute Gasteiger partial charge is 0.274 e. The first-order chi connectivity index (χ1) is 11.3. The van der Waals surface area contributed by atoms with Crippen LogP contribution in [0, 0.1) is 17.8 Å². The molecule has 0 aromatic carbocycles. The molecule has 130 valence electrons. The van der Waals surface area contributed by atoms with Crippen LogP contribution in [0.3, 0.4) is 0 Å². The number of likely N-dealkylation sites (tertiary alicyclic amines) is 1. The number of hydrogen-bond donors (Lipinski definition) is 1. The molecule has 4 rings (SSSR count). The lowest BCUT2D eigenvalue weighted by atomic mass is 10.1. The minimum Gasteiger partial charge on any atom is -0.366 e. The van der Waals surface area contributed by atoms with E-state index in [4.69, 9.17) is 4.84 Å². The van der Waals surface area contributed by atoms with Gasteiger partial charge in [-0.25, -0.2) is 0 Å². The molecule has 3 heterocycles. The number of piperidine rings is 1. The number of oxime groups is 1. The SMILES string of the molecule is CC(C)c1cc(C(=O)N2C[C@@H]3C(C4=NOC(C)(C)N4C)[C@@H]3C2)n[nH]1. The number of nitrogens with one attached hydrogen (secondary N) is 1. The molecule has 7 heteroatoms. The van der Waals surface area contributed by atoms with Gasteiger partial charge in [-0.2, -0.15) is 5.10 Å². The normalized spacial score (nSPS) is 30.4. The van der Waals surface area contributed by atoms with Gasteiger partial charge < -0.3 is 14.6 Å². The van der Waals surface area contributed by atoms with E-state index in [1.54, 1.807) is 0 Å². The van der Waals surface area contributed by atoms with E-state index >= 15 is 0 Å². The first-order valence-electron chi connectivity index (χ1n) is 8.64. The number of fused-ring (bicyclic) bond motifs is 1. The Hall–Kier alpha value is -2.05. The van der Waals surface area contributed by atoms with Gasteiger partial charge in [0.05, 0.1) is 0 Å². The molecule has 2 fully saturated rings. The molecule has 1 aromatic rings. The second-order valence-corrected chi connectivity index (χ2v) is 7.97. The Morgan fingerprint density at radius 1 is 1.38 bits per heavy atom. The number of nitrogens with zero attached hydrogens (tertiary/aromatic N) is 4. The summed E-state index contributed by atoms with van der Waals surface area (Å²) in [6, 6.07) is 1.87. The Morgan fingerprint density at radius 3 is 2.54 bits per heavy atom. The standard InChI is InChI=1S/C17H25N5O2/c1-9(2)12-6-13(19-18-12)16(23)22-7-10-11(8-22)14(10)15-20-24-17(3,4)21(15)5/h6,9-11,14H,7-8H2,1-5H3,(H,18,19)/t10-,11+,14?. The molecule has 1 saturated heterocycles. The number of amidine groups is 1. The zero-order valence-corrected chi connectivity index (χ0v) is 14.9. The lowest BCUT2D eigenvalue weighted by Gasteiger charge is -2.28. The van der Waals surface area contributed by atoms with Gasteiger partial charge in [0.25, 0.3) is 5.91 Å². The van der Waals surface area contributed by atoms with Crippen LogP contribution in [0.25, 0.3) is 0 Å². The third kappa shape index (κ3) is 2.21. The summed E-state index contributed by atoms with van der Waals surface area (Å²) in [6.07, 6.45) is 0. The number of rotatable bonds is 3. The van der Waals surface area contributed by atoms with E-state index in [2.05, 4.69) is 34.1 Å². The quantitative estimate of drug-likeness (QED) is 0.917. The van der Waals surface area contributed by atoms with E-state index in [-0.39, 0.29) is 11.6 Å². The summed E-state index contributed by atoms with van der Waals surface area (Å²) in [5.74, 6) is 2.82. The summed E-state index contributed by atoms with van der Waals surface area (Å²) >= 11 is 0. The first kappa shape index (κ1) is 15.5. The van der Waals surface area contributed by atoms with Crippen LogP contribution < -0.4 is 0 Å². The lowest BCUT2D eigenvalue weighted by Crippen LogP contribution is -2.42. The van der Waals surface area contributed by atoms with Crippen molar-refractivity contribution in [2.75, 3.05) is 20.1 Å². The molecule has 1 N–H and O–H groups in total. The zero-order valence-electron chi connectivity index (χ0n) is 14.9. The largest absolute Gasteiger partial charge is 0.366 e. The van der Waals surface area contributed by atoms with Crippen LogP contribution in [0.5, 0.6) is 0 Å². The maximum atomic E-state index is 12.6. The molecule has 7 nitrogen and oxygen atoms in total. The summed E-state index contributed by atoms with van der Waals surface area (Å²) in [6.45, 7) is 9.76. The molecular weight excluding hydrogens is 306 g/mol. The van der Waals surface area contributed by atoms with Gasteiger partial charge in [-0.3, -0.25) is 9.89 Å². The minimum atomic E-state index is -0.371. The van der Waals surface area contributed by atoms with Crippen molar-refractivity contribution in [3.05, 3.63) is 17.5 Å². The summed E-state index contributed by atoms with van der Waals surface area (Å²) in [7, 11) is 2.03. The minimum absolute atomic E-state index is 0.0300. The Bertz CT molecular complexity index is 696. The van der Waals surface area contributed by atoms with Crippen molar-refractivity contribution in [2.24, 2.45) is 22.9 Å². The van der Waals surface area contributed by atoms with Crippen LogP contribution >= 0.6 is 0 Å². The Kier molecular flexibility index (Phi) is 3.21. The van der Waals surface area contributed by atoms with Crippen LogP contribution in [0.15, 0.2) is 11.2 Å². The van der Waals surface area contributed by atoms with Gasteiger partial charge >= 0.3 is 0 Å². The van der Waals surface area contributed by atoms with E-state index in [1.165, 1.54) is 0 Å². The molecule has 1 aliphatic carbocycles. The first-order valence-corrected chi connectivity index (χ1v) is 8.64. The Labute approximate surface area is 142 Å². The highest BCUT2D eigenvalue weighted by Gasteiger charge is 2.61. The Balaban J connectivity index is 1.39. The zero-order chi connectivity index (χ0) is 17.2. The molecule has 1 aromatic heterocycles. The van der Waals surface area contributed by atoms with Crippen molar-refractivity contribution in [3.63, 3.8) is 0 Å². The molecular formula is C17H25N5O2. The molecule has 0 radical (unpaired) electrons. The third-order valence-corrected chi connectivity index (χ3v) is 5.73. The molecule has 24 heavy (non-hydrogen) atoms. The highest BCUT2D eigenvalue weighted by molar-refractivity contribution is 5.94. The molecule has 2 aliphatic heterocycles. The lowest BCUT2D eigenvalue weighted by molar-refractivity contribution is -0.0596. The fourth-order valence-corrected chi connectivity index (χ4v) is 3.82. The van der Waals surface area contributed by atoms with E-state index < -0.39 is 0 Å². The number of aromatic amines is 1. The predicted octanol–water partition coefficient (Wildman–Crippen LogP) is 1.86. The van der Waals surface area contributed by atoms with Crippen molar-refractivity contribution >= 4 is 11.7 Å². The van der Waals surface area contributed by atoms with Crippen LogP contribution in [-0.2, 0) is 4.84 Å². The summed E-state index contributed by atoms with van der Waals surface area (Å²) in [5, 5.41) is 11.4. The second-order valence-electron chi connectivity index (χ2n) is 7.97. The highest BCUT2D eigenvalue weighted by Crippen LogP contribution is 2.54. The van der Waals surface area contributed by atoms with Crippen LogP contribution in [0.4, 0.5) is 0 Å². The van der Waals surface area contributed by atoms with Gasteiger partial charge in [0.1, 0.15) is 5.69 Å². The molecule has 1 saturated carbocycles. The van der Waals surface area contributed by atoms with Crippen molar-refractivity contribution in [1.29, 1.82) is 0 Å². The fourth-order valence-electron chi connectivity index (χ4n) is 3.82.